The third-order valence-electron chi connectivity index (χ3n) is 6.32. The van der Waals surface area contributed by atoms with Gasteiger partial charge in [-0.2, -0.15) is 0 Å². The standard InChI is InChI=1S/C19H20ClNO2/c1-11-9-19(14-4-6-15(20)7-5-14)21(18(11)22)17-13-3-2-12(8-13)16(17)10-23-19/h2-7,11-13,16-17H,8-10H2,1H3/t11-,12-,13+,16+,17-,19-/m1/s1. The zero-order chi connectivity index (χ0) is 15.8. The monoisotopic (exact) mass is 329 g/mol. The SMILES string of the molecule is C[C@@H]1C[C@]2(c3ccc(Cl)cc3)OC[C@@H]3[C@@H]([C@H]4C=C[C@@H]3C4)N2C1=O. The third kappa shape index (κ3) is 1.72. The Bertz CT molecular complexity index is 700. The summed E-state index contributed by atoms with van der Waals surface area (Å²) in [6.07, 6.45) is 6.56. The molecule has 0 unspecified atom stereocenters. The fraction of sp³-hybridized carbons (Fsp3) is 0.526. The number of hydrogen-bond acceptors (Lipinski definition) is 2. The van der Waals surface area contributed by atoms with Gasteiger partial charge in [0.2, 0.25) is 5.91 Å². The number of ether oxygens (including phenoxy) is 1. The van der Waals surface area contributed by atoms with Crippen LogP contribution < -0.4 is 0 Å². The van der Waals surface area contributed by atoms with E-state index in [2.05, 4.69) is 17.1 Å². The second-order valence-corrected chi connectivity index (χ2v) is 7.95. The molecular formula is C19H20ClNO2. The van der Waals surface area contributed by atoms with Crippen molar-refractivity contribution in [3.05, 3.63) is 47.0 Å². The first-order chi connectivity index (χ1) is 11.1. The van der Waals surface area contributed by atoms with Crippen LogP contribution in [-0.4, -0.2) is 23.5 Å². The van der Waals surface area contributed by atoms with Crippen molar-refractivity contribution in [2.45, 2.75) is 31.5 Å². The zero-order valence-electron chi connectivity index (χ0n) is 13.1. The molecule has 2 bridgehead atoms. The lowest BCUT2D eigenvalue weighted by molar-refractivity contribution is -0.218. The van der Waals surface area contributed by atoms with E-state index in [4.69, 9.17) is 16.3 Å². The average Bonchev–Trinajstić information content (AvgIpc) is 3.22. The number of fused-ring (bicyclic) bond motifs is 7. The molecule has 6 atom stereocenters. The summed E-state index contributed by atoms with van der Waals surface area (Å²) in [5.74, 6) is 1.79. The van der Waals surface area contributed by atoms with Gasteiger partial charge >= 0.3 is 0 Å². The van der Waals surface area contributed by atoms with Crippen molar-refractivity contribution in [3.8, 4) is 0 Å². The summed E-state index contributed by atoms with van der Waals surface area (Å²) >= 11 is 6.06. The van der Waals surface area contributed by atoms with Crippen molar-refractivity contribution < 1.29 is 9.53 Å². The minimum absolute atomic E-state index is 0.00698. The smallest absolute Gasteiger partial charge is 0.228 e. The minimum Gasteiger partial charge on any atom is -0.351 e. The van der Waals surface area contributed by atoms with Crippen LogP contribution in [0.25, 0.3) is 0 Å². The van der Waals surface area contributed by atoms with E-state index in [1.807, 2.05) is 31.2 Å². The summed E-state index contributed by atoms with van der Waals surface area (Å²) in [7, 11) is 0. The molecule has 1 aromatic carbocycles. The fourth-order valence-corrected chi connectivity index (χ4v) is 5.45. The molecule has 2 heterocycles. The van der Waals surface area contributed by atoms with Crippen molar-refractivity contribution in [3.63, 3.8) is 0 Å². The van der Waals surface area contributed by atoms with Gasteiger partial charge in [0.25, 0.3) is 0 Å². The lowest BCUT2D eigenvalue weighted by atomic mass is 9.84. The van der Waals surface area contributed by atoms with E-state index in [9.17, 15) is 4.79 Å². The number of allylic oxidation sites excluding steroid dienone is 1. The highest BCUT2D eigenvalue weighted by atomic mass is 35.5. The molecular weight excluding hydrogens is 310 g/mol. The van der Waals surface area contributed by atoms with E-state index in [0.717, 1.165) is 18.6 Å². The highest BCUT2D eigenvalue weighted by Gasteiger charge is 2.63. The van der Waals surface area contributed by atoms with Gasteiger partial charge in [-0.05, 0) is 30.4 Å². The van der Waals surface area contributed by atoms with Crippen molar-refractivity contribution in [1.82, 2.24) is 4.90 Å². The quantitative estimate of drug-likeness (QED) is 0.737. The number of nitrogens with zero attached hydrogens (tertiary/aromatic N) is 1. The van der Waals surface area contributed by atoms with Gasteiger partial charge in [-0.3, -0.25) is 4.79 Å². The molecule has 23 heavy (non-hydrogen) atoms. The van der Waals surface area contributed by atoms with Crippen LogP contribution in [0, 0.1) is 23.7 Å². The molecule has 2 aliphatic carbocycles. The Morgan fingerprint density at radius 1 is 1.22 bits per heavy atom. The molecule has 1 aromatic rings. The Hall–Kier alpha value is -1.32. The molecule has 4 aliphatic rings. The maximum Gasteiger partial charge on any atom is 0.228 e. The molecule has 3 nitrogen and oxygen atoms in total. The molecule has 0 aromatic heterocycles. The largest absolute Gasteiger partial charge is 0.351 e. The van der Waals surface area contributed by atoms with Gasteiger partial charge in [-0.25, -0.2) is 0 Å². The number of halogens is 1. The van der Waals surface area contributed by atoms with Gasteiger partial charge < -0.3 is 9.64 Å². The highest BCUT2D eigenvalue weighted by Crippen LogP contribution is 2.57. The predicted molar refractivity (Wildman–Crippen MR) is 87.7 cm³/mol. The first kappa shape index (κ1) is 14.1. The van der Waals surface area contributed by atoms with E-state index >= 15 is 0 Å². The Morgan fingerprint density at radius 2 is 1.96 bits per heavy atom. The van der Waals surface area contributed by atoms with Crippen molar-refractivity contribution in [1.29, 1.82) is 0 Å². The molecule has 120 valence electrons. The first-order valence-corrected chi connectivity index (χ1v) is 8.89. The molecule has 2 aliphatic heterocycles. The van der Waals surface area contributed by atoms with E-state index in [0.29, 0.717) is 28.8 Å². The number of amides is 1. The van der Waals surface area contributed by atoms with Gasteiger partial charge in [0, 0.05) is 34.9 Å². The van der Waals surface area contributed by atoms with E-state index in [1.165, 1.54) is 6.42 Å². The summed E-state index contributed by atoms with van der Waals surface area (Å²) in [5.41, 5.74) is 0.463. The Kier molecular flexibility index (Phi) is 2.82. The second kappa shape index (κ2) is 4.61. The Labute approximate surface area is 141 Å². The molecule has 0 spiro atoms. The number of carbonyl (C=O) groups is 1. The maximum absolute atomic E-state index is 13.0. The Morgan fingerprint density at radius 3 is 2.74 bits per heavy atom. The molecule has 2 saturated heterocycles. The lowest BCUT2D eigenvalue weighted by Gasteiger charge is -2.51. The van der Waals surface area contributed by atoms with Crippen molar-refractivity contribution in [2.75, 3.05) is 6.61 Å². The minimum atomic E-state index is -0.597. The van der Waals surface area contributed by atoms with Crippen molar-refractivity contribution >= 4 is 17.5 Å². The number of hydrogen-bond donors (Lipinski definition) is 0. The first-order valence-electron chi connectivity index (χ1n) is 8.52. The van der Waals surface area contributed by atoms with Crippen LogP contribution in [0.1, 0.15) is 25.3 Å². The van der Waals surface area contributed by atoms with Crippen LogP contribution in [0.3, 0.4) is 0 Å². The number of rotatable bonds is 1. The average molecular weight is 330 g/mol. The van der Waals surface area contributed by atoms with Gasteiger partial charge in [0.15, 0.2) is 5.72 Å². The predicted octanol–water partition coefficient (Wildman–Crippen LogP) is 3.58. The van der Waals surface area contributed by atoms with Crippen LogP contribution in [0.2, 0.25) is 5.02 Å². The third-order valence-corrected chi connectivity index (χ3v) is 6.57. The number of carbonyl (C=O) groups excluding carboxylic acids is 1. The van der Waals surface area contributed by atoms with Crippen LogP contribution in [0.15, 0.2) is 36.4 Å². The molecule has 3 fully saturated rings. The maximum atomic E-state index is 13.0. The molecule has 1 amide bonds. The highest BCUT2D eigenvalue weighted by molar-refractivity contribution is 6.30. The molecule has 4 heteroatoms. The van der Waals surface area contributed by atoms with E-state index < -0.39 is 5.72 Å². The van der Waals surface area contributed by atoms with Gasteiger partial charge in [-0.15, -0.1) is 0 Å². The van der Waals surface area contributed by atoms with Crippen LogP contribution in [-0.2, 0) is 15.3 Å². The molecule has 5 rings (SSSR count). The van der Waals surface area contributed by atoms with Crippen molar-refractivity contribution in [2.24, 2.45) is 23.7 Å². The summed E-state index contributed by atoms with van der Waals surface area (Å²) in [4.78, 5) is 15.1. The van der Waals surface area contributed by atoms with E-state index in [-0.39, 0.29) is 11.8 Å². The van der Waals surface area contributed by atoms with Crippen LogP contribution in [0.4, 0.5) is 0 Å². The van der Waals surface area contributed by atoms with Crippen LogP contribution in [0.5, 0.6) is 0 Å². The summed E-state index contributed by atoms with van der Waals surface area (Å²) in [6.45, 7) is 2.77. The number of benzene rings is 1. The molecule has 1 saturated carbocycles. The van der Waals surface area contributed by atoms with Gasteiger partial charge in [0.05, 0.1) is 6.61 Å². The Balaban J connectivity index is 1.64. The van der Waals surface area contributed by atoms with Crippen LogP contribution >= 0.6 is 11.6 Å². The molecule has 0 N–H and O–H groups in total. The van der Waals surface area contributed by atoms with Gasteiger partial charge in [-0.1, -0.05) is 42.8 Å². The van der Waals surface area contributed by atoms with E-state index in [1.54, 1.807) is 0 Å². The normalized spacial score (nSPS) is 43.8. The second-order valence-electron chi connectivity index (χ2n) is 7.52. The fourth-order valence-electron chi connectivity index (χ4n) is 5.32. The molecule has 0 radical (unpaired) electrons. The van der Waals surface area contributed by atoms with Gasteiger partial charge in [0.1, 0.15) is 0 Å². The lowest BCUT2D eigenvalue weighted by Crippen LogP contribution is -2.60. The zero-order valence-corrected chi connectivity index (χ0v) is 13.9. The summed E-state index contributed by atoms with van der Waals surface area (Å²) in [6, 6.07) is 8.13. The summed E-state index contributed by atoms with van der Waals surface area (Å²) in [5, 5.41) is 0.714. The summed E-state index contributed by atoms with van der Waals surface area (Å²) < 4.78 is 6.45. The topological polar surface area (TPSA) is 29.5 Å².